The van der Waals surface area contributed by atoms with E-state index < -0.39 is 5.60 Å². The summed E-state index contributed by atoms with van der Waals surface area (Å²) in [5, 5.41) is 6.29. The van der Waals surface area contributed by atoms with Crippen LogP contribution in [-0.4, -0.2) is 41.7 Å². The van der Waals surface area contributed by atoms with Crippen molar-refractivity contribution in [3.05, 3.63) is 30.1 Å². The molecule has 8 heteroatoms. The molecule has 134 valence electrons. The smallest absolute Gasteiger partial charge is 0.252 e. The zero-order valence-corrected chi connectivity index (χ0v) is 15.4. The van der Waals surface area contributed by atoms with E-state index in [1.165, 1.54) is 0 Å². The highest BCUT2D eigenvalue weighted by molar-refractivity contribution is 5.86. The van der Waals surface area contributed by atoms with Crippen LogP contribution in [-0.2, 0) is 9.53 Å². The average molecular weight is 375 g/mol. The van der Waals surface area contributed by atoms with Gasteiger partial charge in [0.05, 0.1) is 17.1 Å². The molecule has 1 unspecified atom stereocenters. The van der Waals surface area contributed by atoms with E-state index in [2.05, 4.69) is 20.6 Å². The molecule has 1 atom stereocenters. The van der Waals surface area contributed by atoms with Gasteiger partial charge in [0.1, 0.15) is 11.4 Å². The summed E-state index contributed by atoms with van der Waals surface area (Å²) in [6, 6.07) is 7.65. The van der Waals surface area contributed by atoms with Crippen LogP contribution in [0.5, 0.6) is 0 Å². The number of nitrogens with zero attached hydrogens (tertiary/aromatic N) is 1. The molecule has 1 saturated heterocycles. The largest absolute Gasteiger partial charge is 0.368 e. The molecule has 2 aromatic rings. The van der Waals surface area contributed by atoms with Gasteiger partial charge < -0.3 is 20.4 Å². The quantitative estimate of drug-likeness (QED) is 0.767. The van der Waals surface area contributed by atoms with Gasteiger partial charge in [-0.1, -0.05) is 12.1 Å². The predicted octanol–water partition coefficient (Wildman–Crippen LogP) is 2.35. The maximum absolute atomic E-state index is 12.6. The Labute approximate surface area is 154 Å². The molecule has 1 aliphatic heterocycles. The number of hydrogen-bond acceptors (Lipinski definition) is 4. The van der Waals surface area contributed by atoms with Crippen LogP contribution in [0, 0.1) is 0 Å². The van der Waals surface area contributed by atoms with Crippen molar-refractivity contribution in [2.24, 2.45) is 0 Å². The zero-order valence-electron chi connectivity index (χ0n) is 13.8. The van der Waals surface area contributed by atoms with Gasteiger partial charge >= 0.3 is 0 Å². The molecule has 0 bridgehead atoms. The normalized spacial score (nSPS) is 17.4. The van der Waals surface area contributed by atoms with Gasteiger partial charge in [-0.05, 0) is 45.0 Å². The third kappa shape index (κ3) is 4.00. The molecule has 0 spiro atoms. The third-order valence-electron chi connectivity index (χ3n) is 4.38. The Morgan fingerprint density at radius 2 is 1.96 bits per heavy atom. The molecule has 6 nitrogen and oxygen atoms in total. The van der Waals surface area contributed by atoms with E-state index in [-0.39, 0.29) is 36.8 Å². The first-order valence-corrected chi connectivity index (χ1v) is 7.66. The van der Waals surface area contributed by atoms with Gasteiger partial charge in [-0.15, -0.1) is 24.8 Å². The molecule has 1 amide bonds. The molecular formula is C16H24Cl2N4O2. The van der Waals surface area contributed by atoms with E-state index >= 15 is 0 Å². The number of rotatable bonds is 4. The summed E-state index contributed by atoms with van der Waals surface area (Å²) in [4.78, 5) is 20.4. The van der Waals surface area contributed by atoms with Crippen molar-refractivity contribution in [1.29, 1.82) is 0 Å². The molecule has 0 aliphatic carbocycles. The molecule has 24 heavy (non-hydrogen) atoms. The lowest BCUT2D eigenvalue weighted by Gasteiger charge is -2.35. The second-order valence-corrected chi connectivity index (χ2v) is 5.78. The average Bonchev–Trinajstić information content (AvgIpc) is 2.99. The van der Waals surface area contributed by atoms with Crippen LogP contribution in [0.25, 0.3) is 11.0 Å². The molecule has 2 heterocycles. The number of H-pyrrole nitrogens is 1. The van der Waals surface area contributed by atoms with Crippen molar-refractivity contribution in [3.63, 3.8) is 0 Å². The highest BCUT2D eigenvalue weighted by Crippen LogP contribution is 2.24. The number of carbonyl (C=O) groups excluding carboxylic acids is 1. The number of halogens is 2. The second-order valence-electron chi connectivity index (χ2n) is 5.78. The first-order chi connectivity index (χ1) is 10.6. The number of imidazole rings is 1. The van der Waals surface area contributed by atoms with Crippen molar-refractivity contribution in [2.75, 3.05) is 20.2 Å². The number of amides is 1. The molecule has 1 fully saturated rings. The second kappa shape index (κ2) is 8.67. The van der Waals surface area contributed by atoms with Gasteiger partial charge in [0.2, 0.25) is 0 Å². The van der Waals surface area contributed by atoms with Gasteiger partial charge in [0.25, 0.3) is 5.91 Å². The maximum atomic E-state index is 12.6. The number of piperidine rings is 1. The Morgan fingerprint density at radius 3 is 2.58 bits per heavy atom. The van der Waals surface area contributed by atoms with Crippen molar-refractivity contribution in [1.82, 2.24) is 20.6 Å². The highest BCUT2D eigenvalue weighted by Gasteiger charge is 2.40. The van der Waals surface area contributed by atoms with Crippen molar-refractivity contribution in [2.45, 2.75) is 31.4 Å². The van der Waals surface area contributed by atoms with Crippen LogP contribution in [0.15, 0.2) is 24.3 Å². The van der Waals surface area contributed by atoms with E-state index in [1.54, 1.807) is 7.11 Å². The highest BCUT2D eigenvalue weighted by atomic mass is 35.5. The molecule has 1 aliphatic rings. The summed E-state index contributed by atoms with van der Waals surface area (Å²) in [6.45, 7) is 3.51. The monoisotopic (exact) mass is 374 g/mol. The predicted molar refractivity (Wildman–Crippen MR) is 99.0 cm³/mol. The molecule has 3 rings (SSSR count). The van der Waals surface area contributed by atoms with Gasteiger partial charge in [0.15, 0.2) is 0 Å². The summed E-state index contributed by atoms with van der Waals surface area (Å²) < 4.78 is 5.55. The minimum Gasteiger partial charge on any atom is -0.368 e. The lowest BCUT2D eigenvalue weighted by molar-refractivity contribution is -0.147. The molecule has 1 aromatic carbocycles. The number of benzene rings is 1. The Bertz CT molecular complexity index is 638. The number of para-hydroxylation sites is 2. The summed E-state index contributed by atoms with van der Waals surface area (Å²) in [5.74, 6) is 0.694. The van der Waals surface area contributed by atoms with Gasteiger partial charge in [0, 0.05) is 7.11 Å². The van der Waals surface area contributed by atoms with Crippen LogP contribution in [0.2, 0.25) is 0 Å². The molecular weight excluding hydrogens is 351 g/mol. The number of aromatic nitrogens is 2. The van der Waals surface area contributed by atoms with E-state index in [9.17, 15) is 4.79 Å². The number of carbonyl (C=O) groups is 1. The first kappa shape index (κ1) is 20.7. The van der Waals surface area contributed by atoms with Crippen molar-refractivity contribution >= 4 is 41.8 Å². The van der Waals surface area contributed by atoms with Crippen molar-refractivity contribution < 1.29 is 9.53 Å². The summed E-state index contributed by atoms with van der Waals surface area (Å²) in [5.41, 5.74) is 1.15. The summed E-state index contributed by atoms with van der Waals surface area (Å²) in [7, 11) is 1.61. The van der Waals surface area contributed by atoms with E-state index in [1.807, 2.05) is 31.2 Å². The van der Waals surface area contributed by atoms with Gasteiger partial charge in [-0.3, -0.25) is 4.79 Å². The fourth-order valence-corrected chi connectivity index (χ4v) is 2.93. The lowest BCUT2D eigenvalue weighted by atomic mass is 9.91. The minimum atomic E-state index is -0.731. The summed E-state index contributed by atoms with van der Waals surface area (Å²) in [6.07, 6.45) is 1.37. The maximum Gasteiger partial charge on any atom is 0.252 e. The van der Waals surface area contributed by atoms with Gasteiger partial charge in [-0.2, -0.15) is 0 Å². The minimum absolute atomic E-state index is 0. The fraction of sp³-hybridized carbons (Fsp3) is 0.500. The van der Waals surface area contributed by atoms with E-state index in [0.717, 1.165) is 29.9 Å². The standard InChI is InChI=1S/C16H22N4O2.2ClH/c1-11(14-19-12-5-3-4-6-13(12)20-14)18-15(21)16(22-2)7-9-17-10-8-16;;/h3-6,11,17H,7-10H2,1-2H3,(H,18,21)(H,19,20);2*1H. The molecule has 3 N–H and O–H groups in total. The number of aromatic amines is 1. The van der Waals surface area contributed by atoms with E-state index in [0.29, 0.717) is 12.8 Å². The number of nitrogens with one attached hydrogen (secondary N) is 3. The Hall–Kier alpha value is -1.34. The van der Waals surface area contributed by atoms with Crippen LogP contribution in [0.4, 0.5) is 0 Å². The SMILES string of the molecule is COC1(C(=O)NC(C)c2nc3ccccc3[nH]2)CCNCC1.Cl.Cl. The third-order valence-corrected chi connectivity index (χ3v) is 4.38. The lowest BCUT2D eigenvalue weighted by Crippen LogP contribution is -2.54. The Kier molecular flexibility index (Phi) is 7.48. The fourth-order valence-electron chi connectivity index (χ4n) is 2.93. The van der Waals surface area contributed by atoms with Crippen molar-refractivity contribution in [3.8, 4) is 0 Å². The Morgan fingerprint density at radius 1 is 1.29 bits per heavy atom. The van der Waals surface area contributed by atoms with Gasteiger partial charge in [-0.25, -0.2) is 4.98 Å². The molecule has 1 aromatic heterocycles. The summed E-state index contributed by atoms with van der Waals surface area (Å²) >= 11 is 0. The number of hydrogen-bond donors (Lipinski definition) is 3. The van der Waals surface area contributed by atoms with Crippen LogP contribution in [0.1, 0.15) is 31.6 Å². The molecule has 0 radical (unpaired) electrons. The molecule has 0 saturated carbocycles. The van der Waals surface area contributed by atoms with Crippen LogP contribution >= 0.6 is 24.8 Å². The Balaban J connectivity index is 0.00000144. The van der Waals surface area contributed by atoms with Crippen LogP contribution < -0.4 is 10.6 Å². The number of fused-ring (bicyclic) bond motifs is 1. The number of methoxy groups -OCH3 is 1. The zero-order chi connectivity index (χ0) is 15.6. The topological polar surface area (TPSA) is 79.0 Å². The van der Waals surface area contributed by atoms with E-state index in [4.69, 9.17) is 4.74 Å². The number of ether oxygens (including phenoxy) is 1. The first-order valence-electron chi connectivity index (χ1n) is 7.66. The van der Waals surface area contributed by atoms with Crippen LogP contribution in [0.3, 0.4) is 0 Å².